The van der Waals surface area contributed by atoms with E-state index in [-0.39, 0.29) is 12.2 Å². The zero-order valence-corrected chi connectivity index (χ0v) is 11.2. The Morgan fingerprint density at radius 1 is 1.05 bits per heavy atom. The summed E-state index contributed by atoms with van der Waals surface area (Å²) in [5.41, 5.74) is 0.682. The number of carboxylic acids is 1. The number of fused-ring (bicyclic) bond motifs is 1. The SMILES string of the molecule is O=C(O)CCSCC(=O)c1ccc2ccccc2c1. The van der Waals surface area contributed by atoms with Crippen LogP contribution in [0.4, 0.5) is 0 Å². The summed E-state index contributed by atoms with van der Waals surface area (Å²) in [6.45, 7) is 0. The summed E-state index contributed by atoms with van der Waals surface area (Å²) in [4.78, 5) is 22.3. The second kappa shape index (κ2) is 6.38. The molecule has 3 nitrogen and oxygen atoms in total. The van der Waals surface area contributed by atoms with Crippen LogP contribution in [0.15, 0.2) is 42.5 Å². The maximum atomic E-state index is 12.0. The average Bonchev–Trinajstić information content (AvgIpc) is 2.42. The second-order valence-electron chi connectivity index (χ2n) is 4.18. The highest BCUT2D eigenvalue weighted by Gasteiger charge is 2.07. The first kappa shape index (κ1) is 13.6. The molecule has 0 spiro atoms. The number of carbonyl (C=O) groups is 2. The van der Waals surface area contributed by atoms with Gasteiger partial charge in [0.25, 0.3) is 0 Å². The van der Waals surface area contributed by atoms with E-state index in [1.807, 2.05) is 42.5 Å². The van der Waals surface area contributed by atoms with Gasteiger partial charge in [-0.1, -0.05) is 36.4 Å². The molecule has 4 heteroatoms. The number of hydrogen-bond acceptors (Lipinski definition) is 3. The van der Waals surface area contributed by atoms with Crippen molar-refractivity contribution in [1.82, 2.24) is 0 Å². The van der Waals surface area contributed by atoms with Crippen molar-refractivity contribution in [1.29, 1.82) is 0 Å². The first-order valence-corrected chi connectivity index (χ1v) is 7.14. The van der Waals surface area contributed by atoms with Crippen molar-refractivity contribution in [2.45, 2.75) is 6.42 Å². The lowest BCUT2D eigenvalue weighted by molar-refractivity contribution is -0.136. The largest absolute Gasteiger partial charge is 0.481 e. The normalized spacial score (nSPS) is 10.5. The molecule has 0 aliphatic heterocycles. The van der Waals surface area contributed by atoms with Crippen LogP contribution < -0.4 is 0 Å². The number of hydrogen-bond donors (Lipinski definition) is 1. The molecular formula is C15H14O3S. The number of ketones is 1. The van der Waals surface area contributed by atoms with Crippen molar-refractivity contribution in [3.05, 3.63) is 48.0 Å². The number of rotatable bonds is 6. The van der Waals surface area contributed by atoms with Gasteiger partial charge in [0.05, 0.1) is 12.2 Å². The molecule has 0 saturated carbocycles. The minimum Gasteiger partial charge on any atom is -0.481 e. The Morgan fingerprint density at radius 2 is 1.79 bits per heavy atom. The summed E-state index contributed by atoms with van der Waals surface area (Å²) < 4.78 is 0. The molecule has 0 aromatic heterocycles. The Hall–Kier alpha value is -1.81. The maximum Gasteiger partial charge on any atom is 0.304 e. The highest BCUT2D eigenvalue weighted by molar-refractivity contribution is 8.00. The van der Waals surface area contributed by atoms with Crippen molar-refractivity contribution >= 4 is 34.3 Å². The average molecular weight is 274 g/mol. The van der Waals surface area contributed by atoms with E-state index in [0.29, 0.717) is 17.1 Å². The minimum absolute atomic E-state index is 0.0427. The zero-order valence-electron chi connectivity index (χ0n) is 10.3. The van der Waals surface area contributed by atoms with Crippen molar-refractivity contribution in [2.24, 2.45) is 0 Å². The van der Waals surface area contributed by atoms with E-state index in [9.17, 15) is 9.59 Å². The van der Waals surface area contributed by atoms with Crippen molar-refractivity contribution in [3.63, 3.8) is 0 Å². The summed E-state index contributed by atoms with van der Waals surface area (Å²) in [5.74, 6) is 0.00657. The lowest BCUT2D eigenvalue weighted by Crippen LogP contribution is -2.04. The van der Waals surface area contributed by atoms with Gasteiger partial charge in [0.1, 0.15) is 0 Å². The van der Waals surface area contributed by atoms with E-state index in [2.05, 4.69) is 0 Å². The Labute approximate surface area is 115 Å². The fourth-order valence-electron chi connectivity index (χ4n) is 1.77. The van der Waals surface area contributed by atoms with Crippen LogP contribution in [0.25, 0.3) is 10.8 Å². The molecule has 2 aromatic carbocycles. The van der Waals surface area contributed by atoms with Gasteiger partial charge < -0.3 is 5.11 Å². The second-order valence-corrected chi connectivity index (χ2v) is 5.29. The number of benzene rings is 2. The lowest BCUT2D eigenvalue weighted by Gasteiger charge is -2.03. The molecule has 1 N–H and O–H groups in total. The zero-order chi connectivity index (χ0) is 13.7. The van der Waals surface area contributed by atoms with Crippen molar-refractivity contribution in [2.75, 3.05) is 11.5 Å². The van der Waals surface area contributed by atoms with Crippen LogP contribution in [0.1, 0.15) is 16.8 Å². The van der Waals surface area contributed by atoms with Gasteiger partial charge in [-0.2, -0.15) is 11.8 Å². The van der Waals surface area contributed by atoms with Crippen LogP contribution in [-0.2, 0) is 4.79 Å². The first-order valence-electron chi connectivity index (χ1n) is 5.98. The quantitative estimate of drug-likeness (QED) is 0.649. The molecule has 0 unspecified atom stereocenters. The van der Waals surface area contributed by atoms with Crippen LogP contribution in [0, 0.1) is 0 Å². The first-order chi connectivity index (χ1) is 9.16. The number of aliphatic carboxylic acids is 1. The molecule has 0 aliphatic carbocycles. The Bertz CT molecular complexity index is 607. The lowest BCUT2D eigenvalue weighted by atomic mass is 10.1. The van der Waals surface area contributed by atoms with E-state index >= 15 is 0 Å². The van der Waals surface area contributed by atoms with Crippen LogP contribution in [-0.4, -0.2) is 28.4 Å². The van der Waals surface area contributed by atoms with Crippen LogP contribution in [0.2, 0.25) is 0 Å². The Kier molecular flexibility index (Phi) is 4.58. The van der Waals surface area contributed by atoms with Gasteiger partial charge in [0, 0.05) is 11.3 Å². The Balaban J connectivity index is 1.99. The molecule has 0 radical (unpaired) electrons. The topological polar surface area (TPSA) is 54.4 Å². The van der Waals surface area contributed by atoms with E-state index in [4.69, 9.17) is 5.11 Å². The summed E-state index contributed by atoms with van der Waals surface area (Å²) in [6.07, 6.45) is 0.0929. The monoisotopic (exact) mass is 274 g/mol. The van der Waals surface area contributed by atoms with Gasteiger partial charge in [-0.05, 0) is 16.8 Å². The minimum atomic E-state index is -0.828. The highest BCUT2D eigenvalue weighted by atomic mass is 32.2. The van der Waals surface area contributed by atoms with Crippen molar-refractivity contribution in [3.8, 4) is 0 Å². The third-order valence-corrected chi connectivity index (χ3v) is 3.72. The van der Waals surface area contributed by atoms with Gasteiger partial charge >= 0.3 is 5.97 Å². The molecule has 0 heterocycles. The molecule has 0 fully saturated rings. The van der Waals surface area contributed by atoms with Gasteiger partial charge in [0.15, 0.2) is 5.78 Å². The molecule has 98 valence electrons. The number of carboxylic acid groups (broad SMARTS) is 1. The standard InChI is InChI=1S/C15H14O3S/c16-14(10-19-8-7-15(17)18)13-6-5-11-3-1-2-4-12(11)9-13/h1-6,9H,7-8,10H2,(H,17,18). The fraction of sp³-hybridized carbons (Fsp3) is 0.200. The van der Waals surface area contributed by atoms with Gasteiger partial charge in [-0.15, -0.1) is 0 Å². The summed E-state index contributed by atoms with van der Waals surface area (Å²) in [7, 11) is 0. The fourth-order valence-corrected chi connectivity index (χ4v) is 2.59. The van der Waals surface area contributed by atoms with Crippen LogP contribution >= 0.6 is 11.8 Å². The molecule has 0 atom stereocenters. The van der Waals surface area contributed by atoms with Gasteiger partial charge in [-0.25, -0.2) is 0 Å². The molecule has 19 heavy (non-hydrogen) atoms. The summed E-state index contributed by atoms with van der Waals surface area (Å²) in [6, 6.07) is 13.5. The van der Waals surface area contributed by atoms with E-state index in [1.54, 1.807) is 0 Å². The number of Topliss-reactive ketones (excluding diaryl/α,β-unsaturated/α-hetero) is 1. The number of carbonyl (C=O) groups excluding carboxylic acids is 1. The molecule has 0 amide bonds. The van der Waals surface area contributed by atoms with Gasteiger partial charge in [0.2, 0.25) is 0 Å². The van der Waals surface area contributed by atoms with Crippen LogP contribution in [0.5, 0.6) is 0 Å². The molecular weight excluding hydrogens is 260 g/mol. The smallest absolute Gasteiger partial charge is 0.304 e. The van der Waals surface area contributed by atoms with Gasteiger partial charge in [-0.3, -0.25) is 9.59 Å². The summed E-state index contributed by atoms with van der Waals surface area (Å²) >= 11 is 1.36. The molecule has 2 rings (SSSR count). The third-order valence-electron chi connectivity index (χ3n) is 2.76. The summed E-state index contributed by atoms with van der Waals surface area (Å²) in [5, 5.41) is 10.7. The van der Waals surface area contributed by atoms with E-state index in [1.165, 1.54) is 11.8 Å². The molecule has 0 aliphatic rings. The third kappa shape index (κ3) is 3.83. The molecule has 0 bridgehead atoms. The van der Waals surface area contributed by atoms with E-state index < -0.39 is 5.97 Å². The van der Waals surface area contributed by atoms with Crippen molar-refractivity contribution < 1.29 is 14.7 Å². The van der Waals surface area contributed by atoms with E-state index in [0.717, 1.165) is 10.8 Å². The number of thioether (sulfide) groups is 1. The van der Waals surface area contributed by atoms with Crippen LogP contribution in [0.3, 0.4) is 0 Å². The maximum absolute atomic E-state index is 12.0. The Morgan fingerprint density at radius 3 is 2.53 bits per heavy atom. The predicted molar refractivity (Wildman–Crippen MR) is 77.9 cm³/mol. The predicted octanol–water partition coefficient (Wildman–Crippen LogP) is 3.23. The highest BCUT2D eigenvalue weighted by Crippen LogP contribution is 2.17. The molecule has 2 aromatic rings. The molecule has 0 saturated heterocycles.